The van der Waals surface area contributed by atoms with E-state index in [2.05, 4.69) is 6.58 Å². The maximum absolute atomic E-state index is 12.8. The number of allylic oxidation sites excluding steroid dienone is 1. The van der Waals surface area contributed by atoms with Gasteiger partial charge in [-0.25, -0.2) is 4.39 Å². The molecule has 0 N–H and O–H groups in total. The monoisotopic (exact) mass is 184 g/mol. The van der Waals surface area contributed by atoms with E-state index in [0.717, 1.165) is 11.1 Å². The van der Waals surface area contributed by atoms with Gasteiger partial charge >= 0.3 is 0 Å². The lowest BCUT2D eigenvalue weighted by molar-refractivity contribution is 0.618. The molecule has 0 atom stereocenters. The van der Waals surface area contributed by atoms with Crippen LogP contribution in [0.2, 0.25) is 0 Å². The van der Waals surface area contributed by atoms with Gasteiger partial charge in [0.05, 0.1) is 0 Å². The number of hydrogen-bond donors (Lipinski definition) is 0. The molecule has 0 amide bonds. The van der Waals surface area contributed by atoms with Crippen LogP contribution < -0.4 is 0 Å². The third-order valence-electron chi connectivity index (χ3n) is 1.73. The second kappa shape index (κ2) is 3.72. The van der Waals surface area contributed by atoms with Crippen molar-refractivity contribution in [3.63, 3.8) is 0 Å². The van der Waals surface area contributed by atoms with Crippen molar-refractivity contribution in [1.82, 2.24) is 0 Å². The zero-order valence-corrected chi connectivity index (χ0v) is 7.66. The van der Waals surface area contributed by atoms with Gasteiger partial charge in [-0.3, -0.25) is 0 Å². The molecule has 0 radical (unpaired) electrons. The topological polar surface area (TPSA) is 0 Å². The quantitative estimate of drug-likeness (QED) is 0.619. The predicted octanol–water partition coefficient (Wildman–Crippen LogP) is 3.39. The first-order chi connectivity index (χ1) is 5.65. The molecule has 0 aliphatic heterocycles. The van der Waals surface area contributed by atoms with Crippen LogP contribution in [0.25, 0.3) is 5.57 Å². The maximum atomic E-state index is 12.8. The van der Waals surface area contributed by atoms with Crippen LogP contribution in [0.15, 0.2) is 24.8 Å². The van der Waals surface area contributed by atoms with E-state index < -0.39 is 0 Å². The van der Waals surface area contributed by atoms with Crippen molar-refractivity contribution in [2.45, 2.75) is 6.92 Å². The molecule has 0 saturated carbocycles. The van der Waals surface area contributed by atoms with Gasteiger partial charge < -0.3 is 0 Å². The summed E-state index contributed by atoms with van der Waals surface area (Å²) in [5.74, 6) is 0.187. The van der Waals surface area contributed by atoms with Crippen LogP contribution in [0, 0.1) is 12.7 Å². The van der Waals surface area contributed by atoms with Crippen molar-refractivity contribution in [2.24, 2.45) is 0 Å². The second-order valence-electron chi connectivity index (χ2n) is 2.70. The van der Waals surface area contributed by atoms with Crippen LogP contribution >= 0.6 is 11.6 Å². The summed E-state index contributed by atoms with van der Waals surface area (Å²) in [5.41, 5.74) is 2.35. The third-order valence-corrected chi connectivity index (χ3v) is 2.05. The van der Waals surface area contributed by atoms with E-state index in [9.17, 15) is 4.39 Å². The van der Waals surface area contributed by atoms with Gasteiger partial charge in [0.2, 0.25) is 0 Å². The van der Waals surface area contributed by atoms with Gasteiger partial charge in [0.25, 0.3) is 0 Å². The normalized spacial score (nSPS) is 9.92. The lowest BCUT2D eigenvalue weighted by atomic mass is 10.1. The molecule has 2 heteroatoms. The number of alkyl halides is 1. The first-order valence-electron chi connectivity index (χ1n) is 3.65. The Morgan fingerprint density at radius 1 is 1.58 bits per heavy atom. The number of benzene rings is 1. The first kappa shape index (κ1) is 9.27. The molecule has 12 heavy (non-hydrogen) atoms. The summed E-state index contributed by atoms with van der Waals surface area (Å²) in [7, 11) is 0. The van der Waals surface area contributed by atoms with Crippen LogP contribution in [0.1, 0.15) is 11.1 Å². The predicted molar refractivity (Wildman–Crippen MR) is 50.9 cm³/mol. The third kappa shape index (κ3) is 1.86. The van der Waals surface area contributed by atoms with Gasteiger partial charge in [0.1, 0.15) is 5.82 Å². The van der Waals surface area contributed by atoms with E-state index in [-0.39, 0.29) is 5.82 Å². The van der Waals surface area contributed by atoms with E-state index in [1.165, 1.54) is 6.07 Å². The molecular formula is C10H10ClF. The molecule has 0 spiro atoms. The molecule has 0 fully saturated rings. The molecule has 0 aromatic heterocycles. The van der Waals surface area contributed by atoms with Crippen LogP contribution in [0.4, 0.5) is 4.39 Å². The van der Waals surface area contributed by atoms with Gasteiger partial charge in [-0.15, -0.1) is 11.6 Å². The second-order valence-corrected chi connectivity index (χ2v) is 2.97. The van der Waals surface area contributed by atoms with E-state index in [1.54, 1.807) is 19.1 Å². The van der Waals surface area contributed by atoms with Gasteiger partial charge in [-0.2, -0.15) is 0 Å². The van der Waals surface area contributed by atoms with Crippen LogP contribution in [0.5, 0.6) is 0 Å². The first-order valence-corrected chi connectivity index (χ1v) is 4.19. The highest BCUT2D eigenvalue weighted by molar-refractivity contribution is 6.23. The Kier molecular flexibility index (Phi) is 2.88. The van der Waals surface area contributed by atoms with E-state index in [4.69, 9.17) is 11.6 Å². The van der Waals surface area contributed by atoms with Gasteiger partial charge in [-0.1, -0.05) is 12.6 Å². The number of hydrogen-bond acceptors (Lipinski definition) is 0. The summed E-state index contributed by atoms with van der Waals surface area (Å²) in [4.78, 5) is 0. The molecule has 0 heterocycles. The minimum atomic E-state index is -0.193. The lowest BCUT2D eigenvalue weighted by Gasteiger charge is -2.03. The van der Waals surface area contributed by atoms with E-state index >= 15 is 0 Å². The standard InChI is InChI=1S/C10H10ClF/c1-7-5-9(8(2)6-11)3-4-10(7)12/h3-5H,2,6H2,1H3. The van der Waals surface area contributed by atoms with Gasteiger partial charge in [-0.05, 0) is 35.8 Å². The maximum Gasteiger partial charge on any atom is 0.126 e. The summed E-state index contributed by atoms with van der Waals surface area (Å²) >= 11 is 5.59. The Morgan fingerprint density at radius 2 is 2.25 bits per heavy atom. The Balaban J connectivity index is 3.05. The molecule has 1 aromatic carbocycles. The fourth-order valence-electron chi connectivity index (χ4n) is 0.942. The molecule has 0 saturated heterocycles. The van der Waals surface area contributed by atoms with Crippen molar-refractivity contribution in [3.8, 4) is 0 Å². The highest BCUT2D eigenvalue weighted by Crippen LogP contribution is 2.16. The largest absolute Gasteiger partial charge is 0.207 e. The summed E-state index contributed by atoms with van der Waals surface area (Å²) in [6, 6.07) is 4.87. The zero-order chi connectivity index (χ0) is 9.14. The summed E-state index contributed by atoms with van der Waals surface area (Å²) in [6.07, 6.45) is 0. The Labute approximate surface area is 76.7 Å². The fraction of sp³-hybridized carbons (Fsp3) is 0.200. The smallest absolute Gasteiger partial charge is 0.126 e. The van der Waals surface area contributed by atoms with Crippen molar-refractivity contribution < 1.29 is 4.39 Å². The Bertz CT molecular complexity index is 305. The number of rotatable bonds is 2. The van der Waals surface area contributed by atoms with Gasteiger partial charge in [0, 0.05) is 5.88 Å². The average molecular weight is 185 g/mol. The minimum Gasteiger partial charge on any atom is -0.207 e. The van der Waals surface area contributed by atoms with Crippen molar-refractivity contribution in [3.05, 3.63) is 41.7 Å². The van der Waals surface area contributed by atoms with Gasteiger partial charge in [0.15, 0.2) is 0 Å². The molecule has 0 aliphatic carbocycles. The molecule has 64 valence electrons. The molecule has 1 aromatic rings. The SMILES string of the molecule is C=C(CCl)c1ccc(F)c(C)c1. The number of halogens is 2. The number of aryl methyl sites for hydroxylation is 1. The van der Waals surface area contributed by atoms with Crippen molar-refractivity contribution in [2.75, 3.05) is 5.88 Å². The van der Waals surface area contributed by atoms with Crippen LogP contribution in [-0.2, 0) is 0 Å². The molecule has 0 unspecified atom stereocenters. The molecule has 0 bridgehead atoms. The molecule has 0 nitrogen and oxygen atoms in total. The summed E-state index contributed by atoms with van der Waals surface area (Å²) < 4.78 is 12.8. The van der Waals surface area contributed by atoms with Crippen LogP contribution in [0.3, 0.4) is 0 Å². The summed E-state index contributed by atoms with van der Waals surface area (Å²) in [6.45, 7) is 5.48. The average Bonchev–Trinajstić information content (AvgIpc) is 2.08. The molecular weight excluding hydrogens is 175 g/mol. The highest BCUT2D eigenvalue weighted by atomic mass is 35.5. The van der Waals surface area contributed by atoms with E-state index in [0.29, 0.717) is 11.4 Å². The van der Waals surface area contributed by atoms with Crippen LogP contribution in [-0.4, -0.2) is 5.88 Å². The van der Waals surface area contributed by atoms with Crippen molar-refractivity contribution >= 4 is 17.2 Å². The Morgan fingerprint density at radius 3 is 2.75 bits per heavy atom. The Hall–Kier alpha value is -0.820. The van der Waals surface area contributed by atoms with Crippen molar-refractivity contribution in [1.29, 1.82) is 0 Å². The fourth-order valence-corrected chi connectivity index (χ4v) is 1.10. The van der Waals surface area contributed by atoms with E-state index in [1.807, 2.05) is 0 Å². The zero-order valence-electron chi connectivity index (χ0n) is 6.90. The lowest BCUT2D eigenvalue weighted by Crippen LogP contribution is -1.88. The molecule has 1 rings (SSSR count). The molecule has 0 aliphatic rings. The summed E-state index contributed by atoms with van der Waals surface area (Å²) in [5, 5.41) is 0. The minimum absolute atomic E-state index is 0.193. The highest BCUT2D eigenvalue weighted by Gasteiger charge is 2.00.